The zero-order chi connectivity index (χ0) is 47.6. The maximum Gasteiger partial charge on any atom is 0.502 e. The van der Waals surface area contributed by atoms with Gasteiger partial charge in [0.25, 0.3) is 0 Å². The second-order valence-electron chi connectivity index (χ2n) is 19.4. The highest BCUT2D eigenvalue weighted by molar-refractivity contribution is 9.09. The van der Waals surface area contributed by atoms with Crippen LogP contribution < -0.4 is 0 Å². The lowest BCUT2D eigenvalue weighted by Gasteiger charge is -2.32. The number of rotatable bonds is 56. The van der Waals surface area contributed by atoms with E-state index in [-0.39, 0.29) is 0 Å². The number of hydrogen-bond acceptors (Lipinski definition) is 9. The lowest BCUT2D eigenvalue weighted by Crippen LogP contribution is -2.48. The molecular formula is C54H114O6S3Si2. The highest BCUT2D eigenvalue weighted by Crippen LogP contribution is 2.45. The summed E-state index contributed by atoms with van der Waals surface area (Å²) < 4.78 is 41.6. The van der Waals surface area contributed by atoms with Gasteiger partial charge in [-0.05, 0) is 48.4 Å². The maximum atomic E-state index is 6.93. The molecule has 0 aromatic rings. The predicted octanol–water partition coefficient (Wildman–Crippen LogP) is 19.9. The molecule has 65 heavy (non-hydrogen) atoms. The molecule has 0 heterocycles. The number of hydrogen-bond donors (Lipinski definition) is 0. The Morgan fingerprint density at radius 2 is 0.431 bits per heavy atom. The molecule has 11 heteroatoms. The van der Waals surface area contributed by atoms with Crippen molar-refractivity contribution in [1.82, 2.24) is 0 Å². The van der Waals surface area contributed by atoms with Crippen LogP contribution in [0.1, 0.15) is 287 Å². The van der Waals surface area contributed by atoms with E-state index in [0.29, 0.717) is 10.5 Å². The zero-order valence-corrected chi connectivity index (χ0v) is 49.4. The van der Waals surface area contributed by atoms with Crippen molar-refractivity contribution in [2.45, 2.75) is 309 Å². The van der Waals surface area contributed by atoms with Crippen LogP contribution in [-0.2, 0) is 26.6 Å². The first-order chi connectivity index (χ1) is 31.9. The molecule has 0 saturated carbocycles. The average molecular weight is 1010 g/mol. The van der Waals surface area contributed by atoms with Crippen molar-refractivity contribution in [3.63, 3.8) is 0 Å². The summed E-state index contributed by atoms with van der Waals surface area (Å²) >= 11 is 0. The van der Waals surface area contributed by atoms with Crippen molar-refractivity contribution >= 4 is 49.0 Å². The average Bonchev–Trinajstić information content (AvgIpc) is 3.29. The zero-order valence-electron chi connectivity index (χ0n) is 44.9. The minimum absolute atomic E-state index is 0.351. The molecule has 2 atom stereocenters. The van der Waals surface area contributed by atoms with Crippen LogP contribution in [0.2, 0.25) is 12.1 Å². The van der Waals surface area contributed by atoms with Crippen LogP contribution in [0.25, 0.3) is 0 Å². The van der Waals surface area contributed by atoms with Crippen molar-refractivity contribution in [2.75, 3.05) is 39.6 Å². The van der Waals surface area contributed by atoms with Gasteiger partial charge in [-0.15, -0.1) is 0 Å². The molecule has 0 bridgehead atoms. The highest BCUT2D eigenvalue weighted by Gasteiger charge is 2.44. The molecule has 2 unspecified atom stereocenters. The summed E-state index contributed by atoms with van der Waals surface area (Å²) in [5.74, 6) is 0. The van der Waals surface area contributed by atoms with E-state index in [2.05, 4.69) is 55.4 Å². The largest absolute Gasteiger partial charge is 0.502 e. The molecule has 0 amide bonds. The Morgan fingerprint density at radius 1 is 0.262 bits per heavy atom. The SMILES string of the molecule is CCCCCCCCO[Si](CC(C)SSSC(C)C[Si](OCCCCCCCC)(OCCCCCCCC)OCCCCCCCC)(OCCCCCCCC)OCCCCCCCC. The molecule has 0 aromatic heterocycles. The van der Waals surface area contributed by atoms with Crippen molar-refractivity contribution in [3.8, 4) is 0 Å². The minimum atomic E-state index is -2.89. The fourth-order valence-electron chi connectivity index (χ4n) is 8.19. The molecule has 0 N–H and O–H groups in total. The molecule has 0 aliphatic rings. The fraction of sp³-hybridized carbons (Fsp3) is 1.00. The van der Waals surface area contributed by atoms with Gasteiger partial charge in [-0.3, -0.25) is 0 Å². The van der Waals surface area contributed by atoms with E-state index in [1.807, 2.05) is 31.4 Å². The van der Waals surface area contributed by atoms with Gasteiger partial charge in [-0.2, -0.15) is 0 Å². The molecule has 6 nitrogen and oxygen atoms in total. The summed E-state index contributed by atoms with van der Waals surface area (Å²) in [7, 11) is 0.113. The third-order valence-corrected chi connectivity index (χ3v) is 24.1. The molecule has 0 aromatic carbocycles. The smallest absolute Gasteiger partial charge is 0.373 e. The molecule has 0 saturated heterocycles. The Bertz CT molecular complexity index is 767. The first kappa shape index (κ1) is 66.2. The van der Waals surface area contributed by atoms with Gasteiger partial charge in [-0.25, -0.2) is 0 Å². The molecule has 0 radical (unpaired) electrons. The summed E-state index contributed by atoms with van der Waals surface area (Å²) in [6.07, 6.45) is 45.4. The van der Waals surface area contributed by atoms with Gasteiger partial charge in [0, 0.05) is 62.2 Å². The Kier molecular flexibility index (Phi) is 52.6. The van der Waals surface area contributed by atoms with E-state index in [9.17, 15) is 0 Å². The second-order valence-corrected chi connectivity index (χ2v) is 29.6. The van der Waals surface area contributed by atoms with Crippen molar-refractivity contribution < 1.29 is 26.6 Å². The summed E-state index contributed by atoms with van der Waals surface area (Å²) in [6.45, 7) is 23.0. The van der Waals surface area contributed by atoms with Crippen LogP contribution in [0.5, 0.6) is 0 Å². The monoisotopic (exact) mass is 1010 g/mol. The molecule has 0 aliphatic carbocycles. The highest BCUT2D eigenvalue weighted by atomic mass is 33.5. The molecule has 0 rings (SSSR count). The molecule has 0 fully saturated rings. The van der Waals surface area contributed by atoms with Crippen LogP contribution in [0.3, 0.4) is 0 Å². The van der Waals surface area contributed by atoms with E-state index >= 15 is 0 Å². The first-order valence-electron chi connectivity index (χ1n) is 28.7. The normalized spacial score (nSPS) is 13.3. The Morgan fingerprint density at radius 3 is 0.615 bits per heavy atom. The van der Waals surface area contributed by atoms with Gasteiger partial charge in [0.05, 0.1) is 0 Å². The molecule has 0 spiro atoms. The van der Waals surface area contributed by atoms with Crippen molar-refractivity contribution in [3.05, 3.63) is 0 Å². The Hall–Kier alpha value is 1.24. The third-order valence-electron chi connectivity index (χ3n) is 12.4. The van der Waals surface area contributed by atoms with Crippen LogP contribution >= 0.6 is 31.4 Å². The standard InChI is InChI=1S/C54H114O6S3Si2/c1-9-15-21-27-33-39-45-55-64(56-46-40-34-28-22-16-10-2,57-47-41-35-29-23-17-11-3)51-53(7)61-63-62-54(8)52-65(58-48-42-36-30-24-18-12-4,59-49-43-37-31-25-19-13-5)60-50-44-38-32-26-20-14-6/h53-54H,9-52H2,1-8H3. The summed E-state index contributed by atoms with van der Waals surface area (Å²) in [4.78, 5) is 0. The van der Waals surface area contributed by atoms with Crippen LogP contribution in [0.4, 0.5) is 0 Å². The molecule has 0 aliphatic heterocycles. The van der Waals surface area contributed by atoms with Gasteiger partial charge < -0.3 is 26.6 Å². The number of unbranched alkanes of at least 4 members (excludes halogenated alkanes) is 30. The van der Waals surface area contributed by atoms with E-state index < -0.39 is 17.6 Å². The predicted molar refractivity (Wildman–Crippen MR) is 299 cm³/mol. The molecular weight excluding hydrogens is 897 g/mol. The van der Waals surface area contributed by atoms with Gasteiger partial charge in [0.1, 0.15) is 0 Å². The second kappa shape index (κ2) is 51.6. The van der Waals surface area contributed by atoms with Crippen LogP contribution in [-0.4, -0.2) is 67.8 Å². The Balaban J connectivity index is 5.90. The third kappa shape index (κ3) is 43.7. The summed E-state index contributed by atoms with van der Waals surface area (Å²) in [6, 6.07) is 1.73. The van der Waals surface area contributed by atoms with Gasteiger partial charge >= 0.3 is 17.6 Å². The van der Waals surface area contributed by atoms with Crippen molar-refractivity contribution in [2.24, 2.45) is 0 Å². The minimum Gasteiger partial charge on any atom is -0.373 e. The summed E-state index contributed by atoms with van der Waals surface area (Å²) in [5.41, 5.74) is 0. The first-order valence-corrected chi connectivity index (χ1v) is 36.2. The van der Waals surface area contributed by atoms with Crippen LogP contribution in [0.15, 0.2) is 0 Å². The summed E-state index contributed by atoms with van der Waals surface area (Å²) in [5, 5.41) is 0.702. The van der Waals surface area contributed by atoms with E-state index in [1.165, 1.54) is 193 Å². The van der Waals surface area contributed by atoms with E-state index in [4.69, 9.17) is 26.6 Å². The lowest BCUT2D eigenvalue weighted by atomic mass is 10.1. The van der Waals surface area contributed by atoms with Gasteiger partial charge in [0.15, 0.2) is 0 Å². The van der Waals surface area contributed by atoms with Gasteiger partial charge in [0.2, 0.25) is 0 Å². The maximum absolute atomic E-state index is 6.93. The quantitative estimate of drug-likeness (QED) is 0.0337. The van der Waals surface area contributed by atoms with Crippen LogP contribution in [0, 0.1) is 0 Å². The topological polar surface area (TPSA) is 55.4 Å². The Labute approximate surface area is 421 Å². The van der Waals surface area contributed by atoms with E-state index in [1.54, 1.807) is 0 Å². The molecule has 392 valence electrons. The van der Waals surface area contributed by atoms with Crippen molar-refractivity contribution in [1.29, 1.82) is 0 Å². The van der Waals surface area contributed by atoms with Gasteiger partial charge in [-0.1, -0.05) is 270 Å². The van der Waals surface area contributed by atoms with E-state index in [0.717, 1.165) is 90.3 Å². The lowest BCUT2D eigenvalue weighted by molar-refractivity contribution is 0.0547. The fourth-order valence-corrected chi connectivity index (χ4v) is 20.6.